The minimum Gasteiger partial charge on any atom is -0.478 e. The van der Waals surface area contributed by atoms with E-state index in [0.717, 1.165) is 10.6 Å². The van der Waals surface area contributed by atoms with Gasteiger partial charge in [0.05, 0.1) is 33.4 Å². The monoisotopic (exact) mass is 408 g/mol. The van der Waals surface area contributed by atoms with Gasteiger partial charge in [0.25, 0.3) is 5.56 Å². The molecule has 0 saturated carbocycles. The summed E-state index contributed by atoms with van der Waals surface area (Å²) in [4.78, 5) is 43.4. The van der Waals surface area contributed by atoms with E-state index in [1.54, 1.807) is 0 Å². The predicted molar refractivity (Wildman–Crippen MR) is 107 cm³/mol. The Kier molecular flexibility index (Phi) is 3.97. The van der Waals surface area contributed by atoms with Crippen LogP contribution in [0.25, 0.3) is 16.6 Å². The Morgan fingerprint density at radius 1 is 1.23 bits per heavy atom. The Balaban J connectivity index is 1.70. The SMILES string of the molecule is CC1CN(c2cc3nc4n(c(=O)c3cc2F)-c2ccc(C(=O)O)cc2C4=O)CCN1. The molecular formula is C21H17FN4O4. The molecule has 2 N–H and O–H groups in total. The summed E-state index contributed by atoms with van der Waals surface area (Å²) < 4.78 is 16.0. The van der Waals surface area contributed by atoms with Crippen molar-refractivity contribution >= 4 is 28.3 Å². The van der Waals surface area contributed by atoms with Crippen molar-refractivity contribution in [2.75, 3.05) is 24.5 Å². The average Bonchev–Trinajstić information content (AvgIpc) is 3.00. The van der Waals surface area contributed by atoms with E-state index in [4.69, 9.17) is 0 Å². The second-order valence-corrected chi connectivity index (χ2v) is 7.56. The first-order chi connectivity index (χ1) is 14.3. The molecule has 1 fully saturated rings. The number of benzene rings is 2. The molecule has 5 rings (SSSR count). The molecule has 3 heterocycles. The highest BCUT2D eigenvalue weighted by Crippen LogP contribution is 2.30. The highest BCUT2D eigenvalue weighted by atomic mass is 19.1. The minimum absolute atomic E-state index is 0.0612. The van der Waals surface area contributed by atoms with Gasteiger partial charge in [-0.2, -0.15) is 0 Å². The molecule has 0 radical (unpaired) electrons. The van der Waals surface area contributed by atoms with Gasteiger partial charge in [-0.3, -0.25) is 14.2 Å². The summed E-state index contributed by atoms with van der Waals surface area (Å²) in [5, 5.41) is 12.5. The first-order valence-corrected chi connectivity index (χ1v) is 9.52. The fourth-order valence-corrected chi connectivity index (χ4v) is 4.13. The summed E-state index contributed by atoms with van der Waals surface area (Å²) in [7, 11) is 0. The second kappa shape index (κ2) is 6.46. The van der Waals surface area contributed by atoms with E-state index >= 15 is 0 Å². The number of hydrogen-bond acceptors (Lipinski definition) is 6. The second-order valence-electron chi connectivity index (χ2n) is 7.56. The highest BCUT2D eigenvalue weighted by Gasteiger charge is 2.32. The van der Waals surface area contributed by atoms with Crippen molar-refractivity contribution in [2.45, 2.75) is 13.0 Å². The van der Waals surface area contributed by atoms with Gasteiger partial charge in [-0.05, 0) is 37.3 Å². The molecule has 1 saturated heterocycles. The van der Waals surface area contributed by atoms with Gasteiger partial charge in [0.15, 0.2) is 5.82 Å². The van der Waals surface area contributed by atoms with Crippen molar-refractivity contribution < 1.29 is 19.1 Å². The van der Waals surface area contributed by atoms with Gasteiger partial charge in [-0.1, -0.05) is 0 Å². The van der Waals surface area contributed by atoms with Crippen molar-refractivity contribution in [2.24, 2.45) is 0 Å². The van der Waals surface area contributed by atoms with Crippen LogP contribution < -0.4 is 15.8 Å². The zero-order valence-electron chi connectivity index (χ0n) is 16.0. The van der Waals surface area contributed by atoms with Crippen LogP contribution in [0.4, 0.5) is 10.1 Å². The number of aromatic carboxylic acids is 1. The third kappa shape index (κ3) is 2.62. The van der Waals surface area contributed by atoms with E-state index in [0.29, 0.717) is 25.3 Å². The van der Waals surface area contributed by atoms with Crippen molar-refractivity contribution in [1.29, 1.82) is 0 Å². The molecule has 0 spiro atoms. The van der Waals surface area contributed by atoms with E-state index in [1.165, 1.54) is 24.3 Å². The number of nitrogens with one attached hydrogen (secondary N) is 1. The standard InChI is InChI=1S/C21H17FN4O4/c1-10-9-25(5-4-23-10)17-8-15-12(7-14(17)22)20(28)26-16-3-2-11(21(29)30)6-13(16)18(27)19(26)24-15/h2-3,6-8,10,23H,4-5,9H2,1H3,(H,29,30). The van der Waals surface area contributed by atoms with Crippen LogP contribution >= 0.6 is 0 Å². The zero-order valence-corrected chi connectivity index (χ0v) is 16.0. The van der Waals surface area contributed by atoms with Crippen LogP contribution in [0.2, 0.25) is 0 Å². The van der Waals surface area contributed by atoms with Crippen molar-refractivity contribution in [3.8, 4) is 5.69 Å². The third-order valence-electron chi connectivity index (χ3n) is 5.58. The zero-order chi connectivity index (χ0) is 21.2. The molecule has 8 nitrogen and oxygen atoms in total. The Hall–Kier alpha value is -3.59. The lowest BCUT2D eigenvalue weighted by Crippen LogP contribution is -2.49. The summed E-state index contributed by atoms with van der Waals surface area (Å²) in [6.07, 6.45) is 0. The van der Waals surface area contributed by atoms with Crippen molar-refractivity contribution in [1.82, 2.24) is 14.9 Å². The molecule has 152 valence electrons. The van der Waals surface area contributed by atoms with Gasteiger partial charge in [0.1, 0.15) is 5.82 Å². The van der Waals surface area contributed by atoms with Gasteiger partial charge in [0, 0.05) is 25.7 Å². The largest absolute Gasteiger partial charge is 0.478 e. The number of hydrogen-bond donors (Lipinski definition) is 2. The van der Waals surface area contributed by atoms with Crippen LogP contribution in [-0.2, 0) is 0 Å². The molecular weight excluding hydrogens is 391 g/mol. The van der Waals surface area contributed by atoms with Crippen molar-refractivity contribution in [3.05, 3.63) is 63.5 Å². The van der Waals surface area contributed by atoms with Crippen LogP contribution in [-0.4, -0.2) is 52.1 Å². The molecule has 0 aliphatic carbocycles. The number of carboxylic acid groups (broad SMARTS) is 1. The van der Waals surface area contributed by atoms with E-state index in [-0.39, 0.29) is 39.6 Å². The fraction of sp³-hybridized carbons (Fsp3) is 0.238. The van der Waals surface area contributed by atoms with E-state index in [9.17, 15) is 23.9 Å². The van der Waals surface area contributed by atoms with E-state index < -0.39 is 23.1 Å². The number of nitrogens with zero attached hydrogens (tertiary/aromatic N) is 3. The number of carbonyl (C=O) groups excluding carboxylic acids is 1. The molecule has 1 aromatic heterocycles. The average molecular weight is 408 g/mol. The number of piperazine rings is 1. The van der Waals surface area contributed by atoms with E-state index in [1.807, 2.05) is 11.8 Å². The number of carboxylic acids is 1. The number of aromatic nitrogens is 2. The molecule has 2 aromatic carbocycles. The number of carbonyl (C=O) groups is 2. The van der Waals surface area contributed by atoms with Gasteiger partial charge in [0.2, 0.25) is 5.78 Å². The molecule has 2 aliphatic rings. The highest BCUT2D eigenvalue weighted by molar-refractivity contribution is 6.14. The fourth-order valence-electron chi connectivity index (χ4n) is 4.13. The first kappa shape index (κ1) is 18.4. The molecule has 0 bridgehead atoms. The summed E-state index contributed by atoms with van der Waals surface area (Å²) in [5.74, 6) is -2.34. The van der Waals surface area contributed by atoms with Gasteiger partial charge < -0.3 is 15.3 Å². The summed E-state index contributed by atoms with van der Waals surface area (Å²) in [6, 6.07) is 6.79. The molecule has 1 unspecified atom stereocenters. The Bertz CT molecular complexity index is 1320. The van der Waals surface area contributed by atoms with Crippen LogP contribution in [0.1, 0.15) is 33.5 Å². The van der Waals surface area contributed by atoms with Gasteiger partial charge in [-0.15, -0.1) is 0 Å². The molecule has 0 amide bonds. The third-order valence-corrected chi connectivity index (χ3v) is 5.58. The van der Waals surface area contributed by atoms with Crippen LogP contribution in [0, 0.1) is 5.82 Å². The Labute approximate surface area is 169 Å². The molecule has 1 atom stereocenters. The lowest BCUT2D eigenvalue weighted by Gasteiger charge is -2.33. The summed E-state index contributed by atoms with van der Waals surface area (Å²) in [5.41, 5.74) is 0.279. The quantitative estimate of drug-likeness (QED) is 0.519. The van der Waals surface area contributed by atoms with E-state index in [2.05, 4.69) is 10.3 Å². The van der Waals surface area contributed by atoms with Crippen molar-refractivity contribution in [3.63, 3.8) is 0 Å². The predicted octanol–water partition coefficient (Wildman–Crippen LogP) is 1.57. The number of halogens is 1. The van der Waals surface area contributed by atoms with Gasteiger partial charge in [-0.25, -0.2) is 14.2 Å². The first-order valence-electron chi connectivity index (χ1n) is 9.52. The van der Waals surface area contributed by atoms with Crippen LogP contribution in [0.3, 0.4) is 0 Å². The molecule has 9 heteroatoms. The number of fused-ring (bicyclic) bond motifs is 4. The normalized spacial score (nSPS) is 17.9. The summed E-state index contributed by atoms with van der Waals surface area (Å²) >= 11 is 0. The Morgan fingerprint density at radius 3 is 2.77 bits per heavy atom. The van der Waals surface area contributed by atoms with Gasteiger partial charge >= 0.3 is 5.97 Å². The molecule has 3 aromatic rings. The number of anilines is 1. The topological polar surface area (TPSA) is 105 Å². The van der Waals surface area contributed by atoms with Crippen LogP contribution in [0.15, 0.2) is 35.1 Å². The number of rotatable bonds is 2. The maximum Gasteiger partial charge on any atom is 0.335 e. The lowest BCUT2D eigenvalue weighted by molar-refractivity contribution is 0.0697. The lowest BCUT2D eigenvalue weighted by atomic mass is 10.1. The smallest absolute Gasteiger partial charge is 0.335 e. The molecule has 30 heavy (non-hydrogen) atoms. The molecule has 2 aliphatic heterocycles. The minimum atomic E-state index is -1.18. The maximum absolute atomic E-state index is 14.9. The Morgan fingerprint density at radius 2 is 2.03 bits per heavy atom. The maximum atomic E-state index is 14.9. The van der Waals surface area contributed by atoms with Crippen LogP contribution in [0.5, 0.6) is 0 Å². The summed E-state index contributed by atoms with van der Waals surface area (Å²) in [6.45, 7) is 3.93. The number of ketones is 1.